The van der Waals surface area contributed by atoms with Crippen molar-refractivity contribution in [1.29, 1.82) is 0 Å². The van der Waals surface area contributed by atoms with Crippen molar-refractivity contribution in [2.75, 3.05) is 13.2 Å². The van der Waals surface area contributed by atoms with Gasteiger partial charge in [0.05, 0.1) is 11.6 Å². The van der Waals surface area contributed by atoms with Gasteiger partial charge in [0.1, 0.15) is 24.4 Å². The number of benzene rings is 2. The number of carbonyl (C=O) groups excluding carboxylic acids is 2. The monoisotopic (exact) mass is 365 g/mol. The zero-order chi connectivity index (χ0) is 19.2. The molecule has 5 nitrogen and oxygen atoms in total. The molecule has 3 rings (SSSR count). The number of phenolic OH excluding ortho intramolecular Hbond substituents is 1. The molecule has 0 radical (unpaired) electrons. The molecular formula is C22H23NO4. The highest BCUT2D eigenvalue weighted by Crippen LogP contribution is 2.29. The molecule has 1 saturated heterocycles. The van der Waals surface area contributed by atoms with E-state index in [9.17, 15) is 14.7 Å². The number of amides is 1. The summed E-state index contributed by atoms with van der Waals surface area (Å²) in [6, 6.07) is 11.7. The fourth-order valence-electron chi connectivity index (χ4n) is 3.36. The molecule has 2 aromatic carbocycles. The van der Waals surface area contributed by atoms with Gasteiger partial charge in [-0.2, -0.15) is 0 Å². The molecule has 5 heteroatoms. The highest BCUT2D eigenvalue weighted by molar-refractivity contribution is 5.95. The summed E-state index contributed by atoms with van der Waals surface area (Å²) in [7, 11) is 0. The zero-order valence-corrected chi connectivity index (χ0v) is 15.1. The summed E-state index contributed by atoms with van der Waals surface area (Å²) in [5, 5.41) is 9.92. The summed E-state index contributed by atoms with van der Waals surface area (Å²) in [5.74, 6) is 0.619. The molecule has 2 aromatic rings. The first kappa shape index (κ1) is 18.7. The predicted molar refractivity (Wildman–Crippen MR) is 104 cm³/mol. The molecule has 0 aromatic heterocycles. The summed E-state index contributed by atoms with van der Waals surface area (Å²) < 4.78 is 5.93. The maximum absolute atomic E-state index is 12.9. The van der Waals surface area contributed by atoms with Crippen molar-refractivity contribution in [2.45, 2.75) is 25.3 Å². The lowest BCUT2D eigenvalue weighted by molar-refractivity contribution is 0.0528. The molecule has 1 aliphatic heterocycles. The Labute approximate surface area is 158 Å². The first-order valence-electron chi connectivity index (χ1n) is 9.07. The van der Waals surface area contributed by atoms with Crippen LogP contribution in [-0.2, 0) is 0 Å². The topological polar surface area (TPSA) is 66.8 Å². The van der Waals surface area contributed by atoms with Crippen LogP contribution in [0.2, 0.25) is 0 Å². The lowest BCUT2D eigenvalue weighted by Gasteiger charge is -2.35. The number of carbonyl (C=O) groups is 2. The Bertz CT molecular complexity index is 829. The molecule has 0 unspecified atom stereocenters. The Morgan fingerprint density at radius 2 is 2.00 bits per heavy atom. The van der Waals surface area contributed by atoms with Gasteiger partial charge in [-0.15, -0.1) is 0 Å². The largest absolute Gasteiger partial charge is 0.507 e. The first-order valence-corrected chi connectivity index (χ1v) is 9.07. The SMILES string of the molecule is C=Cc1c(O)cccc1OC[C@@H]1CCCCN1C(=O)c1ccc(C=O)cc1. The van der Waals surface area contributed by atoms with E-state index in [0.29, 0.717) is 35.6 Å². The van der Waals surface area contributed by atoms with Gasteiger partial charge in [0.25, 0.3) is 5.91 Å². The minimum Gasteiger partial charge on any atom is -0.507 e. The fraction of sp³-hybridized carbons (Fsp3) is 0.273. The van der Waals surface area contributed by atoms with Gasteiger partial charge in [0.15, 0.2) is 0 Å². The molecular weight excluding hydrogens is 342 g/mol. The van der Waals surface area contributed by atoms with Crippen molar-refractivity contribution in [2.24, 2.45) is 0 Å². The number of ether oxygens (including phenoxy) is 1. The summed E-state index contributed by atoms with van der Waals surface area (Å²) in [6.07, 6.45) is 5.18. The molecule has 0 bridgehead atoms. The van der Waals surface area contributed by atoms with Crippen molar-refractivity contribution < 1.29 is 19.4 Å². The summed E-state index contributed by atoms with van der Waals surface area (Å²) in [6.45, 7) is 4.74. The van der Waals surface area contributed by atoms with Gasteiger partial charge in [-0.1, -0.05) is 30.9 Å². The third kappa shape index (κ3) is 4.19. The molecule has 27 heavy (non-hydrogen) atoms. The second-order valence-electron chi connectivity index (χ2n) is 6.59. The Morgan fingerprint density at radius 3 is 2.70 bits per heavy atom. The van der Waals surface area contributed by atoms with Crippen LogP contribution in [0, 0.1) is 0 Å². The highest BCUT2D eigenvalue weighted by atomic mass is 16.5. The molecule has 1 fully saturated rings. The third-order valence-corrected chi connectivity index (χ3v) is 4.86. The van der Waals surface area contributed by atoms with Gasteiger partial charge in [0.2, 0.25) is 0 Å². The quantitative estimate of drug-likeness (QED) is 0.788. The number of aromatic hydroxyl groups is 1. The lowest BCUT2D eigenvalue weighted by Crippen LogP contribution is -2.46. The van der Waals surface area contributed by atoms with E-state index in [1.54, 1.807) is 48.5 Å². The Morgan fingerprint density at radius 1 is 1.22 bits per heavy atom. The number of hydrogen-bond donors (Lipinski definition) is 1. The van der Waals surface area contributed by atoms with Crippen LogP contribution >= 0.6 is 0 Å². The number of phenols is 1. The molecule has 0 aliphatic carbocycles. The maximum atomic E-state index is 12.9. The minimum absolute atomic E-state index is 0.0444. The standard InChI is InChI=1S/C22H23NO4/c1-2-19-20(25)7-5-8-21(19)27-15-18-6-3-4-13-23(18)22(26)17-11-9-16(14-24)10-12-17/h2,5,7-12,14,18,25H,1,3-4,6,13,15H2/t18-/m0/s1. The average Bonchev–Trinajstić information content (AvgIpc) is 2.72. The van der Waals surface area contributed by atoms with Gasteiger partial charge >= 0.3 is 0 Å². The van der Waals surface area contributed by atoms with E-state index < -0.39 is 0 Å². The van der Waals surface area contributed by atoms with E-state index in [1.807, 2.05) is 4.90 Å². The molecule has 0 spiro atoms. The van der Waals surface area contributed by atoms with Gasteiger partial charge < -0.3 is 14.7 Å². The summed E-state index contributed by atoms with van der Waals surface area (Å²) >= 11 is 0. The molecule has 1 atom stereocenters. The van der Waals surface area contributed by atoms with Crippen LogP contribution in [-0.4, -0.2) is 41.4 Å². The molecule has 140 valence electrons. The second kappa shape index (κ2) is 8.54. The average molecular weight is 365 g/mol. The van der Waals surface area contributed by atoms with Crippen molar-refractivity contribution >= 4 is 18.3 Å². The van der Waals surface area contributed by atoms with Gasteiger partial charge in [0, 0.05) is 17.7 Å². The normalized spacial score (nSPS) is 16.6. The second-order valence-corrected chi connectivity index (χ2v) is 6.59. The fourth-order valence-corrected chi connectivity index (χ4v) is 3.36. The van der Waals surface area contributed by atoms with E-state index in [-0.39, 0.29) is 17.7 Å². The number of rotatable bonds is 6. The maximum Gasteiger partial charge on any atom is 0.254 e. The Hall–Kier alpha value is -3.08. The first-order chi connectivity index (χ1) is 13.1. The van der Waals surface area contributed by atoms with E-state index >= 15 is 0 Å². The summed E-state index contributed by atoms with van der Waals surface area (Å²) in [4.78, 5) is 25.6. The Kier molecular flexibility index (Phi) is 5.91. The van der Waals surface area contributed by atoms with Crippen molar-refractivity contribution in [1.82, 2.24) is 4.90 Å². The molecule has 1 N–H and O–H groups in total. The van der Waals surface area contributed by atoms with Crippen molar-refractivity contribution in [3.8, 4) is 11.5 Å². The third-order valence-electron chi connectivity index (χ3n) is 4.86. The lowest BCUT2D eigenvalue weighted by atomic mass is 10.0. The van der Waals surface area contributed by atoms with E-state index in [1.165, 1.54) is 0 Å². The molecule has 1 heterocycles. The number of hydrogen-bond acceptors (Lipinski definition) is 4. The predicted octanol–water partition coefficient (Wildman–Crippen LogP) is 3.92. The van der Waals surface area contributed by atoms with Crippen LogP contribution in [0.4, 0.5) is 0 Å². The van der Waals surface area contributed by atoms with Crippen molar-refractivity contribution in [3.63, 3.8) is 0 Å². The number of likely N-dealkylation sites (tertiary alicyclic amines) is 1. The molecule has 1 amide bonds. The van der Waals surface area contributed by atoms with Gasteiger partial charge in [-0.25, -0.2) is 0 Å². The number of aldehydes is 1. The minimum atomic E-state index is -0.0550. The van der Waals surface area contributed by atoms with Crippen LogP contribution in [0.25, 0.3) is 6.08 Å². The molecule has 0 saturated carbocycles. The van der Waals surface area contributed by atoms with E-state index in [0.717, 1.165) is 25.5 Å². The highest BCUT2D eigenvalue weighted by Gasteiger charge is 2.28. The van der Waals surface area contributed by atoms with E-state index in [2.05, 4.69) is 6.58 Å². The Balaban J connectivity index is 1.73. The van der Waals surface area contributed by atoms with Gasteiger partial charge in [-0.3, -0.25) is 9.59 Å². The molecule has 1 aliphatic rings. The number of piperidine rings is 1. The summed E-state index contributed by atoms with van der Waals surface area (Å²) in [5.41, 5.74) is 1.66. The number of nitrogens with zero attached hydrogens (tertiary/aromatic N) is 1. The van der Waals surface area contributed by atoms with Crippen LogP contribution in [0.1, 0.15) is 45.5 Å². The van der Waals surface area contributed by atoms with Crippen molar-refractivity contribution in [3.05, 3.63) is 65.7 Å². The zero-order valence-electron chi connectivity index (χ0n) is 15.1. The van der Waals surface area contributed by atoms with Gasteiger partial charge in [-0.05, 0) is 43.5 Å². The van der Waals surface area contributed by atoms with Crippen LogP contribution in [0.5, 0.6) is 11.5 Å². The van der Waals surface area contributed by atoms with Crippen LogP contribution in [0.3, 0.4) is 0 Å². The van der Waals surface area contributed by atoms with Crippen LogP contribution < -0.4 is 4.74 Å². The van der Waals surface area contributed by atoms with E-state index in [4.69, 9.17) is 4.74 Å². The smallest absolute Gasteiger partial charge is 0.254 e. The van der Waals surface area contributed by atoms with Crippen LogP contribution in [0.15, 0.2) is 49.0 Å².